The molecule has 21 heavy (non-hydrogen) atoms. The minimum atomic E-state index is -3.53. The summed E-state index contributed by atoms with van der Waals surface area (Å²) in [6.07, 6.45) is 1.08. The Morgan fingerprint density at radius 2 is 1.90 bits per heavy atom. The molecule has 0 aliphatic carbocycles. The van der Waals surface area contributed by atoms with E-state index in [1.807, 2.05) is 6.92 Å². The number of sulfonamides is 1. The molecule has 1 N–H and O–H groups in total. The number of carbonyl (C=O) groups excluding carboxylic acids is 1. The van der Waals surface area contributed by atoms with Gasteiger partial charge in [-0.25, -0.2) is 8.42 Å². The minimum absolute atomic E-state index is 0.179. The van der Waals surface area contributed by atoms with Crippen molar-refractivity contribution in [3.8, 4) is 0 Å². The van der Waals surface area contributed by atoms with Gasteiger partial charge in [0, 0.05) is 13.2 Å². The van der Waals surface area contributed by atoms with E-state index >= 15 is 0 Å². The van der Waals surface area contributed by atoms with Crippen LogP contribution < -0.4 is 9.62 Å². The molecule has 0 saturated heterocycles. The van der Waals surface area contributed by atoms with Gasteiger partial charge in [0.25, 0.3) is 0 Å². The predicted octanol–water partition coefficient (Wildman–Crippen LogP) is 0.912. The SMILES string of the molecule is COC[C@H](C)NC(=O)CN(c1ccc(C)cc1)S(C)(=O)=O. The van der Waals surface area contributed by atoms with Crippen molar-refractivity contribution in [2.45, 2.75) is 19.9 Å². The first kappa shape index (κ1) is 17.5. The van der Waals surface area contributed by atoms with Crippen molar-refractivity contribution in [2.75, 3.05) is 30.8 Å². The van der Waals surface area contributed by atoms with Crippen LogP contribution in [0.5, 0.6) is 0 Å². The molecule has 1 amide bonds. The molecule has 0 saturated carbocycles. The molecule has 0 aliphatic rings. The monoisotopic (exact) mass is 314 g/mol. The van der Waals surface area contributed by atoms with Crippen LogP contribution in [0.2, 0.25) is 0 Å². The lowest BCUT2D eigenvalue weighted by atomic mass is 10.2. The van der Waals surface area contributed by atoms with Gasteiger partial charge >= 0.3 is 0 Å². The summed E-state index contributed by atoms with van der Waals surface area (Å²) in [7, 11) is -1.99. The fraction of sp³-hybridized carbons (Fsp3) is 0.500. The van der Waals surface area contributed by atoms with E-state index in [0.717, 1.165) is 16.1 Å². The van der Waals surface area contributed by atoms with Crippen molar-refractivity contribution >= 4 is 21.6 Å². The number of nitrogens with zero attached hydrogens (tertiary/aromatic N) is 1. The summed E-state index contributed by atoms with van der Waals surface area (Å²) in [5.74, 6) is -0.370. The van der Waals surface area contributed by atoms with Crippen molar-refractivity contribution in [2.24, 2.45) is 0 Å². The van der Waals surface area contributed by atoms with Gasteiger partial charge in [-0.2, -0.15) is 0 Å². The van der Waals surface area contributed by atoms with Gasteiger partial charge in [0.05, 0.1) is 18.6 Å². The third-order valence-corrected chi connectivity index (χ3v) is 3.97. The van der Waals surface area contributed by atoms with Crippen LogP contribution >= 0.6 is 0 Å². The summed E-state index contributed by atoms with van der Waals surface area (Å²) in [5, 5.41) is 2.69. The van der Waals surface area contributed by atoms with Crippen LogP contribution in [0.4, 0.5) is 5.69 Å². The average molecular weight is 314 g/mol. The fourth-order valence-electron chi connectivity index (χ4n) is 1.85. The standard InChI is InChI=1S/C14H22N2O4S/c1-11-5-7-13(8-6-11)16(21(4,18)19)9-14(17)15-12(2)10-20-3/h5-8,12H,9-10H2,1-4H3,(H,15,17)/t12-/m0/s1. The molecule has 0 fully saturated rings. The van der Waals surface area contributed by atoms with E-state index < -0.39 is 10.0 Å². The van der Waals surface area contributed by atoms with E-state index in [1.54, 1.807) is 31.2 Å². The summed E-state index contributed by atoms with van der Waals surface area (Å²) >= 11 is 0. The smallest absolute Gasteiger partial charge is 0.241 e. The van der Waals surface area contributed by atoms with Crippen LogP contribution in [0.3, 0.4) is 0 Å². The summed E-state index contributed by atoms with van der Waals surface area (Å²) in [5.41, 5.74) is 1.49. The van der Waals surface area contributed by atoms with Gasteiger partial charge in [-0.15, -0.1) is 0 Å². The molecular formula is C14H22N2O4S. The Bertz CT molecular complexity index is 569. The second-order valence-corrected chi connectivity index (χ2v) is 6.94. The molecule has 1 aromatic rings. The van der Waals surface area contributed by atoms with Crippen molar-refractivity contribution < 1.29 is 17.9 Å². The lowest BCUT2D eigenvalue weighted by Crippen LogP contribution is -2.44. The maximum Gasteiger partial charge on any atom is 0.241 e. The second kappa shape index (κ2) is 7.42. The number of nitrogens with one attached hydrogen (secondary N) is 1. The Morgan fingerprint density at radius 3 is 2.38 bits per heavy atom. The van der Waals surface area contributed by atoms with E-state index in [1.165, 1.54) is 7.11 Å². The molecule has 1 atom stereocenters. The molecular weight excluding hydrogens is 292 g/mol. The highest BCUT2D eigenvalue weighted by Crippen LogP contribution is 2.17. The van der Waals surface area contributed by atoms with Crippen molar-refractivity contribution in [1.29, 1.82) is 0 Å². The maximum absolute atomic E-state index is 12.0. The number of amides is 1. The largest absolute Gasteiger partial charge is 0.383 e. The third kappa shape index (κ3) is 5.73. The van der Waals surface area contributed by atoms with Crippen LogP contribution in [0.15, 0.2) is 24.3 Å². The number of hydrogen-bond donors (Lipinski definition) is 1. The second-order valence-electron chi connectivity index (χ2n) is 5.03. The molecule has 0 radical (unpaired) electrons. The van der Waals surface area contributed by atoms with Crippen LogP contribution in [0, 0.1) is 6.92 Å². The number of hydrogen-bond acceptors (Lipinski definition) is 4. The Kier molecular flexibility index (Phi) is 6.17. The van der Waals surface area contributed by atoms with Gasteiger partial charge < -0.3 is 10.1 Å². The van der Waals surface area contributed by atoms with Crippen LogP contribution in [0.25, 0.3) is 0 Å². The average Bonchev–Trinajstić information content (AvgIpc) is 2.36. The molecule has 1 aromatic carbocycles. The summed E-state index contributed by atoms with van der Waals surface area (Å²) in [6, 6.07) is 6.80. The minimum Gasteiger partial charge on any atom is -0.383 e. The molecule has 1 rings (SSSR count). The zero-order valence-electron chi connectivity index (χ0n) is 12.8. The van der Waals surface area contributed by atoms with Gasteiger partial charge in [0.2, 0.25) is 15.9 Å². The molecule has 7 heteroatoms. The molecule has 0 unspecified atom stereocenters. The maximum atomic E-state index is 12.0. The predicted molar refractivity (Wildman–Crippen MR) is 82.8 cm³/mol. The molecule has 0 heterocycles. The van der Waals surface area contributed by atoms with Crippen LogP contribution in [-0.2, 0) is 19.6 Å². The zero-order chi connectivity index (χ0) is 16.0. The number of anilines is 1. The van der Waals surface area contributed by atoms with Gasteiger partial charge in [-0.05, 0) is 26.0 Å². The summed E-state index contributed by atoms with van der Waals surface area (Å²) in [4.78, 5) is 12.0. The zero-order valence-corrected chi connectivity index (χ0v) is 13.6. The topological polar surface area (TPSA) is 75.7 Å². The summed E-state index contributed by atoms with van der Waals surface area (Å²) < 4.78 is 29.8. The Hall–Kier alpha value is -1.60. The lowest BCUT2D eigenvalue weighted by Gasteiger charge is -2.23. The van der Waals surface area contributed by atoms with Crippen molar-refractivity contribution in [3.05, 3.63) is 29.8 Å². The van der Waals surface area contributed by atoms with Crippen molar-refractivity contribution in [3.63, 3.8) is 0 Å². The van der Waals surface area contributed by atoms with Gasteiger partial charge in [0.1, 0.15) is 6.54 Å². The third-order valence-electron chi connectivity index (χ3n) is 2.83. The van der Waals surface area contributed by atoms with Gasteiger partial charge in [-0.3, -0.25) is 9.10 Å². The van der Waals surface area contributed by atoms with E-state index in [2.05, 4.69) is 5.32 Å². The number of rotatable bonds is 7. The molecule has 118 valence electrons. The van der Waals surface area contributed by atoms with E-state index in [-0.39, 0.29) is 18.5 Å². The summed E-state index contributed by atoms with van der Waals surface area (Å²) in [6.45, 7) is 3.82. The molecule has 0 aliphatic heterocycles. The molecule has 0 aromatic heterocycles. The molecule has 6 nitrogen and oxygen atoms in total. The number of ether oxygens (including phenoxy) is 1. The van der Waals surface area contributed by atoms with Crippen LogP contribution in [0.1, 0.15) is 12.5 Å². The van der Waals surface area contributed by atoms with Gasteiger partial charge in [0.15, 0.2) is 0 Å². The first-order valence-electron chi connectivity index (χ1n) is 6.56. The number of benzene rings is 1. The quantitative estimate of drug-likeness (QED) is 0.812. The molecule has 0 spiro atoms. The van der Waals surface area contributed by atoms with E-state index in [0.29, 0.717) is 12.3 Å². The first-order valence-corrected chi connectivity index (χ1v) is 8.41. The highest BCUT2D eigenvalue weighted by atomic mass is 32.2. The van der Waals surface area contributed by atoms with Gasteiger partial charge in [-0.1, -0.05) is 17.7 Å². The highest BCUT2D eigenvalue weighted by Gasteiger charge is 2.21. The molecule has 0 bridgehead atoms. The highest BCUT2D eigenvalue weighted by molar-refractivity contribution is 7.92. The lowest BCUT2D eigenvalue weighted by molar-refractivity contribution is -0.120. The van der Waals surface area contributed by atoms with E-state index in [9.17, 15) is 13.2 Å². The number of aryl methyl sites for hydroxylation is 1. The van der Waals surface area contributed by atoms with E-state index in [4.69, 9.17) is 4.74 Å². The Labute approximate surface area is 126 Å². The fourth-order valence-corrected chi connectivity index (χ4v) is 2.71. The Balaban J connectivity index is 2.86. The normalized spacial score (nSPS) is 12.8. The number of carbonyl (C=O) groups is 1. The first-order chi connectivity index (χ1) is 9.74. The van der Waals surface area contributed by atoms with Crippen molar-refractivity contribution in [1.82, 2.24) is 5.32 Å². The van der Waals surface area contributed by atoms with Crippen LogP contribution in [-0.4, -0.2) is 46.9 Å². The number of methoxy groups -OCH3 is 1. The Morgan fingerprint density at radius 1 is 1.33 bits per heavy atom.